The third kappa shape index (κ3) is 2.58. The maximum Gasteiger partial charge on any atom is 0.0865 e. The molecule has 2 aromatic carbocycles. The van der Waals surface area contributed by atoms with Crippen molar-refractivity contribution >= 4 is 23.2 Å². The molecule has 3 N–H and O–H groups in total. The van der Waals surface area contributed by atoms with Gasteiger partial charge in [-0.1, -0.05) is 53.5 Å². The Morgan fingerprint density at radius 3 is 2.19 bits per heavy atom. The molecule has 0 fully saturated rings. The lowest BCUT2D eigenvalue weighted by Gasteiger charge is -2.33. The van der Waals surface area contributed by atoms with Crippen LogP contribution in [0, 0.1) is 5.41 Å². The van der Waals surface area contributed by atoms with Crippen molar-refractivity contribution in [2.45, 2.75) is 18.9 Å². The van der Waals surface area contributed by atoms with Crippen LogP contribution in [-0.4, -0.2) is 11.7 Å². The van der Waals surface area contributed by atoms with Crippen molar-refractivity contribution in [1.82, 2.24) is 0 Å². The number of halogens is 2. The van der Waals surface area contributed by atoms with Crippen molar-refractivity contribution in [2.75, 3.05) is 6.54 Å². The maximum absolute atomic E-state index is 10.9. The first-order valence-corrected chi connectivity index (χ1v) is 7.71. The number of nitrogens with two attached hydrogens (primary N) is 1. The number of benzene rings is 2. The van der Waals surface area contributed by atoms with Gasteiger partial charge in [0.15, 0.2) is 0 Å². The molecule has 1 unspecified atom stereocenters. The predicted octanol–water partition coefficient (Wildman–Crippen LogP) is 3.77. The summed E-state index contributed by atoms with van der Waals surface area (Å²) in [6.45, 7) is 0.420. The topological polar surface area (TPSA) is 46.2 Å². The second-order valence-corrected chi connectivity index (χ2v) is 6.58. The van der Waals surface area contributed by atoms with Crippen LogP contribution in [0.4, 0.5) is 0 Å². The van der Waals surface area contributed by atoms with E-state index in [9.17, 15) is 5.11 Å². The second kappa shape index (κ2) is 5.62. The molecule has 0 radical (unpaired) electrons. The molecule has 110 valence electrons. The van der Waals surface area contributed by atoms with Gasteiger partial charge in [-0.15, -0.1) is 0 Å². The minimum absolute atomic E-state index is 0.374. The van der Waals surface area contributed by atoms with E-state index in [0.29, 0.717) is 16.6 Å². The molecular formula is C17H17Cl2NO. The smallest absolute Gasteiger partial charge is 0.0865 e. The molecule has 4 heteroatoms. The zero-order valence-corrected chi connectivity index (χ0v) is 13.0. The molecule has 0 amide bonds. The van der Waals surface area contributed by atoms with Crippen LogP contribution in [0.1, 0.15) is 22.8 Å². The van der Waals surface area contributed by atoms with Crippen LogP contribution in [-0.2, 0) is 12.8 Å². The Labute approximate surface area is 134 Å². The summed E-state index contributed by atoms with van der Waals surface area (Å²) in [6.07, 6.45) is 0.895. The van der Waals surface area contributed by atoms with Gasteiger partial charge < -0.3 is 10.8 Å². The lowest BCUT2D eigenvalue weighted by atomic mass is 9.76. The fourth-order valence-electron chi connectivity index (χ4n) is 3.21. The third-order valence-corrected chi connectivity index (χ3v) is 5.19. The highest BCUT2D eigenvalue weighted by molar-refractivity contribution is 6.42. The maximum atomic E-state index is 10.9. The van der Waals surface area contributed by atoms with E-state index < -0.39 is 6.10 Å². The quantitative estimate of drug-likeness (QED) is 0.903. The van der Waals surface area contributed by atoms with E-state index in [-0.39, 0.29) is 5.41 Å². The fourth-order valence-corrected chi connectivity index (χ4v) is 3.52. The Kier molecular flexibility index (Phi) is 3.98. The van der Waals surface area contributed by atoms with Gasteiger partial charge in [-0.2, -0.15) is 0 Å². The molecule has 0 aliphatic heterocycles. The Balaban J connectivity index is 1.95. The minimum Gasteiger partial charge on any atom is -0.388 e. The molecule has 3 rings (SSSR count). The van der Waals surface area contributed by atoms with E-state index in [4.69, 9.17) is 28.9 Å². The minimum atomic E-state index is -0.662. The van der Waals surface area contributed by atoms with Crippen molar-refractivity contribution < 1.29 is 5.11 Å². The molecular weight excluding hydrogens is 305 g/mol. The number of hydrogen-bond acceptors (Lipinski definition) is 2. The van der Waals surface area contributed by atoms with Gasteiger partial charge in [-0.25, -0.2) is 0 Å². The normalized spacial score (nSPS) is 17.5. The van der Waals surface area contributed by atoms with Gasteiger partial charge in [0, 0.05) is 12.0 Å². The molecule has 0 saturated carbocycles. The van der Waals surface area contributed by atoms with Crippen LogP contribution in [0.2, 0.25) is 10.0 Å². The molecule has 2 nitrogen and oxygen atoms in total. The zero-order valence-electron chi connectivity index (χ0n) is 11.5. The average Bonchev–Trinajstić information content (AvgIpc) is 2.89. The Bertz CT molecular complexity index is 647. The molecule has 0 saturated heterocycles. The Morgan fingerprint density at radius 1 is 1.05 bits per heavy atom. The SMILES string of the molecule is NCC1(C(O)c2ccc(Cl)c(Cl)c2)Cc2ccccc2C1. The summed E-state index contributed by atoms with van der Waals surface area (Å²) in [5.74, 6) is 0. The summed E-state index contributed by atoms with van der Waals surface area (Å²) < 4.78 is 0. The van der Waals surface area contributed by atoms with Gasteiger partial charge in [0.1, 0.15) is 0 Å². The summed E-state index contributed by atoms with van der Waals surface area (Å²) >= 11 is 12.0. The first-order valence-electron chi connectivity index (χ1n) is 6.95. The number of aliphatic hydroxyl groups excluding tert-OH is 1. The number of aliphatic hydroxyl groups is 1. The van der Waals surface area contributed by atoms with Crippen LogP contribution in [0.5, 0.6) is 0 Å². The summed E-state index contributed by atoms with van der Waals surface area (Å²) in [7, 11) is 0. The van der Waals surface area contributed by atoms with Crippen LogP contribution >= 0.6 is 23.2 Å². The van der Waals surface area contributed by atoms with Crippen molar-refractivity contribution in [3.63, 3.8) is 0 Å². The summed E-state index contributed by atoms with van der Waals surface area (Å²) in [5, 5.41) is 11.8. The van der Waals surface area contributed by atoms with Crippen LogP contribution in [0.3, 0.4) is 0 Å². The highest BCUT2D eigenvalue weighted by Crippen LogP contribution is 2.45. The predicted molar refractivity (Wildman–Crippen MR) is 86.8 cm³/mol. The molecule has 21 heavy (non-hydrogen) atoms. The largest absolute Gasteiger partial charge is 0.388 e. The summed E-state index contributed by atoms with van der Waals surface area (Å²) in [6, 6.07) is 13.5. The van der Waals surface area contributed by atoms with Gasteiger partial charge >= 0.3 is 0 Å². The molecule has 0 spiro atoms. The number of fused-ring (bicyclic) bond motifs is 1. The third-order valence-electron chi connectivity index (χ3n) is 4.45. The zero-order chi connectivity index (χ0) is 15.0. The highest BCUT2D eigenvalue weighted by Gasteiger charge is 2.42. The molecule has 1 aliphatic carbocycles. The lowest BCUT2D eigenvalue weighted by Crippen LogP contribution is -2.37. The first-order chi connectivity index (χ1) is 10.1. The molecule has 0 heterocycles. The van der Waals surface area contributed by atoms with Crippen molar-refractivity contribution in [3.8, 4) is 0 Å². The van der Waals surface area contributed by atoms with E-state index in [1.165, 1.54) is 11.1 Å². The first kappa shape index (κ1) is 14.9. The fraction of sp³-hybridized carbons (Fsp3) is 0.294. The van der Waals surface area contributed by atoms with Gasteiger partial charge in [0.2, 0.25) is 0 Å². The Morgan fingerprint density at radius 2 is 1.67 bits per heavy atom. The second-order valence-electron chi connectivity index (χ2n) is 5.76. The van der Waals surface area contributed by atoms with E-state index in [1.54, 1.807) is 12.1 Å². The van der Waals surface area contributed by atoms with Gasteiger partial charge in [0.05, 0.1) is 16.1 Å². The standard InChI is InChI=1S/C17H17Cl2NO/c18-14-6-5-11(7-15(14)19)16(21)17(10-20)8-12-3-1-2-4-13(12)9-17/h1-7,16,21H,8-10,20H2. The van der Waals surface area contributed by atoms with E-state index >= 15 is 0 Å². The van der Waals surface area contributed by atoms with Gasteiger partial charge in [-0.3, -0.25) is 0 Å². The van der Waals surface area contributed by atoms with Crippen molar-refractivity contribution in [2.24, 2.45) is 11.1 Å². The van der Waals surface area contributed by atoms with Crippen LogP contribution < -0.4 is 5.73 Å². The van der Waals surface area contributed by atoms with E-state index in [2.05, 4.69) is 12.1 Å². The number of rotatable bonds is 3. The monoisotopic (exact) mass is 321 g/mol. The lowest BCUT2D eigenvalue weighted by molar-refractivity contribution is 0.0358. The van der Waals surface area contributed by atoms with E-state index in [1.807, 2.05) is 18.2 Å². The molecule has 1 aliphatic rings. The van der Waals surface area contributed by atoms with Gasteiger partial charge in [-0.05, 0) is 41.7 Å². The van der Waals surface area contributed by atoms with E-state index in [0.717, 1.165) is 18.4 Å². The Hall–Kier alpha value is -1.06. The van der Waals surface area contributed by atoms with Crippen LogP contribution in [0.15, 0.2) is 42.5 Å². The summed E-state index contributed by atoms with van der Waals surface area (Å²) in [5.41, 5.74) is 8.96. The molecule has 0 bridgehead atoms. The van der Waals surface area contributed by atoms with Crippen molar-refractivity contribution in [3.05, 3.63) is 69.2 Å². The van der Waals surface area contributed by atoms with Crippen molar-refractivity contribution in [1.29, 1.82) is 0 Å². The summed E-state index contributed by atoms with van der Waals surface area (Å²) in [4.78, 5) is 0. The van der Waals surface area contributed by atoms with Crippen LogP contribution in [0.25, 0.3) is 0 Å². The average molecular weight is 322 g/mol. The van der Waals surface area contributed by atoms with Gasteiger partial charge in [0.25, 0.3) is 0 Å². The molecule has 1 atom stereocenters. The molecule has 0 aromatic heterocycles. The molecule has 2 aromatic rings. The number of hydrogen-bond donors (Lipinski definition) is 2. The highest BCUT2D eigenvalue weighted by atomic mass is 35.5.